The average molecular weight is 352 g/mol. The molecule has 0 radical (unpaired) electrons. The highest BCUT2D eigenvalue weighted by Gasteiger charge is 2.28. The minimum Gasteiger partial charge on any atom is -0.315 e. The van der Waals surface area contributed by atoms with Crippen molar-refractivity contribution in [2.24, 2.45) is 0 Å². The van der Waals surface area contributed by atoms with Gasteiger partial charge in [0, 0.05) is 49.3 Å². The van der Waals surface area contributed by atoms with Crippen LogP contribution in [0.5, 0.6) is 0 Å². The molecule has 3 nitrogen and oxygen atoms in total. The van der Waals surface area contributed by atoms with Gasteiger partial charge in [0.1, 0.15) is 0 Å². The quantitative estimate of drug-likeness (QED) is 0.899. The van der Waals surface area contributed by atoms with Gasteiger partial charge < -0.3 is 5.32 Å². The molecule has 2 atom stereocenters. The van der Waals surface area contributed by atoms with E-state index in [0.29, 0.717) is 6.04 Å². The average Bonchev–Trinajstić information content (AvgIpc) is 3.05. The number of piperazine rings is 1. The first-order valence-electron chi connectivity index (χ1n) is 8.22. The molecule has 2 aliphatic heterocycles. The van der Waals surface area contributed by atoms with Crippen LogP contribution in [-0.4, -0.2) is 55.1 Å². The van der Waals surface area contributed by atoms with Crippen molar-refractivity contribution in [1.82, 2.24) is 15.1 Å². The van der Waals surface area contributed by atoms with Gasteiger partial charge in [0.15, 0.2) is 0 Å². The number of benzene rings is 1. The summed E-state index contributed by atoms with van der Waals surface area (Å²) in [7, 11) is 0. The lowest BCUT2D eigenvalue weighted by atomic mass is 10.0. The summed E-state index contributed by atoms with van der Waals surface area (Å²) in [4.78, 5) is 5.35. The Hall–Kier alpha value is -0.420. The summed E-state index contributed by atoms with van der Waals surface area (Å²) in [6.07, 6.45) is 2.51. The van der Waals surface area contributed by atoms with Crippen molar-refractivity contribution < 1.29 is 0 Å². The highest BCUT2D eigenvalue weighted by molar-refractivity contribution is 9.10. The summed E-state index contributed by atoms with van der Waals surface area (Å²) in [5, 5.41) is 3.49. The molecular weight excluding hydrogens is 326 g/mol. The Kier molecular flexibility index (Phi) is 5.33. The predicted molar refractivity (Wildman–Crippen MR) is 91.6 cm³/mol. The molecule has 1 N–H and O–H groups in total. The smallest absolute Gasteiger partial charge is 0.0346 e. The zero-order valence-electron chi connectivity index (χ0n) is 12.9. The van der Waals surface area contributed by atoms with E-state index >= 15 is 0 Å². The summed E-state index contributed by atoms with van der Waals surface area (Å²) < 4.78 is 1.17. The first-order valence-corrected chi connectivity index (χ1v) is 9.01. The van der Waals surface area contributed by atoms with Gasteiger partial charge in [-0.2, -0.15) is 0 Å². The first-order chi connectivity index (χ1) is 10.3. The van der Waals surface area contributed by atoms with E-state index in [9.17, 15) is 0 Å². The van der Waals surface area contributed by atoms with Crippen LogP contribution in [0.2, 0.25) is 0 Å². The van der Waals surface area contributed by atoms with Gasteiger partial charge in [0.05, 0.1) is 0 Å². The maximum Gasteiger partial charge on any atom is 0.0346 e. The maximum atomic E-state index is 3.53. The third-order valence-electron chi connectivity index (χ3n) is 4.98. The molecular formula is C17H26BrN3. The van der Waals surface area contributed by atoms with E-state index < -0.39 is 0 Å². The predicted octanol–water partition coefficient (Wildman–Crippen LogP) is 2.88. The molecule has 0 saturated carbocycles. The minimum absolute atomic E-state index is 0.571. The topological polar surface area (TPSA) is 18.5 Å². The van der Waals surface area contributed by atoms with Gasteiger partial charge in [0.25, 0.3) is 0 Å². The largest absolute Gasteiger partial charge is 0.315 e. The molecule has 0 bridgehead atoms. The maximum absolute atomic E-state index is 3.53. The van der Waals surface area contributed by atoms with Crippen molar-refractivity contribution in [3.05, 3.63) is 34.3 Å². The molecule has 0 aliphatic carbocycles. The highest BCUT2D eigenvalue weighted by Crippen LogP contribution is 2.27. The molecule has 2 heterocycles. The molecule has 4 heteroatoms. The number of hydrogen-bond donors (Lipinski definition) is 1. The molecule has 0 spiro atoms. The summed E-state index contributed by atoms with van der Waals surface area (Å²) in [6, 6.07) is 10.2. The summed E-state index contributed by atoms with van der Waals surface area (Å²) in [5.41, 5.74) is 1.46. The number of hydrogen-bond acceptors (Lipinski definition) is 3. The lowest BCUT2D eigenvalue weighted by Gasteiger charge is -2.41. The molecule has 2 aliphatic rings. The van der Waals surface area contributed by atoms with Gasteiger partial charge in [-0.25, -0.2) is 0 Å². The van der Waals surface area contributed by atoms with Gasteiger partial charge in [-0.05, 0) is 37.1 Å². The minimum atomic E-state index is 0.571. The van der Waals surface area contributed by atoms with Crippen molar-refractivity contribution in [1.29, 1.82) is 0 Å². The van der Waals surface area contributed by atoms with Crippen LogP contribution in [0.25, 0.3) is 0 Å². The van der Waals surface area contributed by atoms with Crippen molar-refractivity contribution in [2.45, 2.75) is 31.8 Å². The van der Waals surface area contributed by atoms with Gasteiger partial charge in [0.2, 0.25) is 0 Å². The van der Waals surface area contributed by atoms with Crippen molar-refractivity contribution in [3.8, 4) is 0 Å². The van der Waals surface area contributed by atoms with Crippen LogP contribution in [0.1, 0.15) is 31.4 Å². The number of nitrogens with zero attached hydrogens (tertiary/aromatic N) is 2. The van der Waals surface area contributed by atoms with E-state index in [2.05, 4.69) is 62.2 Å². The van der Waals surface area contributed by atoms with Crippen LogP contribution in [-0.2, 0) is 0 Å². The van der Waals surface area contributed by atoms with Gasteiger partial charge in [-0.3, -0.25) is 9.80 Å². The van der Waals surface area contributed by atoms with E-state index in [-0.39, 0.29) is 0 Å². The second-order valence-corrected chi connectivity index (χ2v) is 7.11. The summed E-state index contributed by atoms with van der Waals surface area (Å²) in [5.74, 6) is 0. The fourth-order valence-electron chi connectivity index (χ4n) is 3.75. The number of halogens is 1. The monoisotopic (exact) mass is 351 g/mol. The first kappa shape index (κ1) is 15.5. The van der Waals surface area contributed by atoms with Crippen LogP contribution in [0, 0.1) is 0 Å². The molecule has 1 aromatic carbocycles. The molecule has 2 unspecified atom stereocenters. The Morgan fingerprint density at radius 2 is 1.90 bits per heavy atom. The summed E-state index contributed by atoms with van der Waals surface area (Å²) >= 11 is 3.53. The van der Waals surface area contributed by atoms with Crippen LogP contribution in [0.4, 0.5) is 0 Å². The molecule has 21 heavy (non-hydrogen) atoms. The fourth-order valence-corrected chi connectivity index (χ4v) is 4.02. The fraction of sp³-hybridized carbons (Fsp3) is 0.647. The molecule has 0 amide bonds. The van der Waals surface area contributed by atoms with Gasteiger partial charge in [-0.15, -0.1) is 0 Å². The van der Waals surface area contributed by atoms with Crippen LogP contribution < -0.4 is 5.32 Å². The van der Waals surface area contributed by atoms with Crippen LogP contribution >= 0.6 is 15.9 Å². The van der Waals surface area contributed by atoms with Crippen LogP contribution in [0.3, 0.4) is 0 Å². The van der Waals surface area contributed by atoms with Crippen molar-refractivity contribution in [2.75, 3.05) is 39.3 Å². The molecule has 2 saturated heterocycles. The van der Waals surface area contributed by atoms with Gasteiger partial charge >= 0.3 is 0 Å². The Labute approximate surface area is 136 Å². The third-order valence-corrected chi connectivity index (χ3v) is 5.51. The Morgan fingerprint density at radius 3 is 2.48 bits per heavy atom. The van der Waals surface area contributed by atoms with Crippen LogP contribution in [0.15, 0.2) is 28.7 Å². The Morgan fingerprint density at radius 1 is 1.19 bits per heavy atom. The molecule has 3 rings (SSSR count). The standard InChI is InChI=1S/C17H26BrN3/c1-2-17(14-3-5-15(18)6-4-14)21-11-9-20(10-12-21)16-7-8-19-13-16/h3-6,16-17,19H,2,7-13H2,1H3. The third kappa shape index (κ3) is 3.67. The molecule has 2 fully saturated rings. The zero-order chi connectivity index (χ0) is 14.7. The SMILES string of the molecule is CCC(c1ccc(Br)cc1)N1CCN(C2CCNC2)CC1. The second kappa shape index (κ2) is 7.23. The lowest BCUT2D eigenvalue weighted by molar-refractivity contribution is 0.0720. The lowest BCUT2D eigenvalue weighted by Crippen LogP contribution is -2.51. The zero-order valence-corrected chi connectivity index (χ0v) is 14.5. The van der Waals surface area contributed by atoms with E-state index in [1.54, 1.807) is 0 Å². The Balaban J connectivity index is 1.60. The van der Waals surface area contributed by atoms with Crippen molar-refractivity contribution in [3.63, 3.8) is 0 Å². The van der Waals surface area contributed by atoms with Gasteiger partial charge in [-0.1, -0.05) is 35.0 Å². The van der Waals surface area contributed by atoms with E-state index in [1.165, 1.54) is 62.1 Å². The van der Waals surface area contributed by atoms with Crippen molar-refractivity contribution >= 4 is 15.9 Å². The second-order valence-electron chi connectivity index (χ2n) is 6.19. The Bertz CT molecular complexity index is 434. The highest BCUT2D eigenvalue weighted by atomic mass is 79.9. The van der Waals surface area contributed by atoms with E-state index in [1.807, 2.05) is 0 Å². The normalized spacial score (nSPS) is 26.1. The molecule has 1 aromatic rings. The summed E-state index contributed by atoms with van der Waals surface area (Å²) in [6.45, 7) is 9.53. The van der Waals surface area contributed by atoms with E-state index in [0.717, 1.165) is 6.04 Å². The number of rotatable bonds is 4. The number of nitrogens with one attached hydrogen (secondary N) is 1. The molecule has 116 valence electrons. The molecule has 0 aromatic heterocycles. The van der Waals surface area contributed by atoms with E-state index in [4.69, 9.17) is 0 Å².